The molecule has 0 unspecified atom stereocenters. The highest BCUT2D eigenvalue weighted by Crippen LogP contribution is 2.31. The van der Waals surface area contributed by atoms with Crippen LogP contribution in [0.1, 0.15) is 19.8 Å². The van der Waals surface area contributed by atoms with Crippen LogP contribution in [0.5, 0.6) is 11.5 Å². The molecule has 0 radical (unpaired) electrons. The average molecular weight is 413 g/mol. The molecule has 0 aliphatic carbocycles. The molecular weight excluding hydrogens is 386 g/mol. The number of hydrogen-bond acceptors (Lipinski definition) is 6. The molecule has 1 saturated heterocycles. The number of sulfonamides is 1. The van der Waals surface area contributed by atoms with Gasteiger partial charge in [0.2, 0.25) is 21.8 Å². The summed E-state index contributed by atoms with van der Waals surface area (Å²) in [7, 11) is -0.776. The third-order valence-electron chi connectivity index (χ3n) is 4.61. The van der Waals surface area contributed by atoms with Gasteiger partial charge in [0.05, 0.1) is 25.7 Å². The van der Waals surface area contributed by atoms with Crippen LogP contribution in [0, 0.1) is 5.92 Å². The molecule has 28 heavy (non-hydrogen) atoms. The van der Waals surface area contributed by atoms with Crippen molar-refractivity contribution < 1.29 is 27.5 Å². The molecule has 2 rings (SSSR count). The van der Waals surface area contributed by atoms with E-state index in [4.69, 9.17) is 9.47 Å². The van der Waals surface area contributed by atoms with Crippen molar-refractivity contribution in [3.63, 3.8) is 0 Å². The minimum atomic E-state index is -3.70. The third kappa shape index (κ3) is 5.14. The number of nitrogens with one attached hydrogen (secondary N) is 2. The molecule has 9 nitrogen and oxygen atoms in total. The fourth-order valence-electron chi connectivity index (χ4n) is 3.06. The van der Waals surface area contributed by atoms with E-state index in [1.165, 1.54) is 30.7 Å². The summed E-state index contributed by atoms with van der Waals surface area (Å²) in [6.07, 6.45) is 0.793. The van der Waals surface area contributed by atoms with Crippen LogP contribution in [-0.4, -0.2) is 64.9 Å². The van der Waals surface area contributed by atoms with E-state index in [2.05, 4.69) is 10.6 Å². The van der Waals surface area contributed by atoms with Crippen LogP contribution in [0.15, 0.2) is 23.1 Å². The average Bonchev–Trinajstić information content (AvgIpc) is 2.71. The van der Waals surface area contributed by atoms with E-state index < -0.39 is 10.0 Å². The van der Waals surface area contributed by atoms with Gasteiger partial charge in [-0.25, -0.2) is 8.42 Å². The van der Waals surface area contributed by atoms with Crippen molar-refractivity contribution in [2.24, 2.45) is 5.92 Å². The number of carbonyl (C=O) groups is 2. The summed E-state index contributed by atoms with van der Waals surface area (Å²) < 4.78 is 37.5. The lowest BCUT2D eigenvalue weighted by Gasteiger charge is -2.30. The zero-order valence-electron chi connectivity index (χ0n) is 16.4. The van der Waals surface area contributed by atoms with Crippen LogP contribution in [0.3, 0.4) is 0 Å². The molecule has 1 heterocycles. The molecule has 2 N–H and O–H groups in total. The largest absolute Gasteiger partial charge is 0.493 e. The van der Waals surface area contributed by atoms with Gasteiger partial charge in [-0.3, -0.25) is 9.59 Å². The Balaban J connectivity index is 1.98. The normalized spacial score (nSPS) is 15.7. The Labute approximate surface area is 165 Å². The Morgan fingerprint density at radius 3 is 2.32 bits per heavy atom. The lowest BCUT2D eigenvalue weighted by atomic mass is 9.97. The smallest absolute Gasteiger partial charge is 0.243 e. The Kier molecular flexibility index (Phi) is 7.64. The molecule has 1 aliphatic rings. The van der Waals surface area contributed by atoms with Gasteiger partial charge in [0, 0.05) is 31.6 Å². The molecule has 156 valence electrons. The maximum atomic E-state index is 12.9. The van der Waals surface area contributed by atoms with Crippen LogP contribution in [0.2, 0.25) is 0 Å². The van der Waals surface area contributed by atoms with Crippen LogP contribution in [0.25, 0.3) is 0 Å². The molecular formula is C18H27N3O6S. The zero-order chi connectivity index (χ0) is 20.7. The Bertz CT molecular complexity index is 804. The molecule has 10 heteroatoms. The van der Waals surface area contributed by atoms with E-state index in [-0.39, 0.29) is 42.3 Å². The van der Waals surface area contributed by atoms with Crippen molar-refractivity contribution in [3.05, 3.63) is 18.2 Å². The summed E-state index contributed by atoms with van der Waals surface area (Å²) in [5.74, 6) is -0.00264. The summed E-state index contributed by atoms with van der Waals surface area (Å²) in [6.45, 7) is 2.69. The molecule has 1 aromatic carbocycles. The first-order chi connectivity index (χ1) is 13.3. The first kappa shape index (κ1) is 22.0. The third-order valence-corrected chi connectivity index (χ3v) is 6.51. The number of piperidine rings is 1. The van der Waals surface area contributed by atoms with Gasteiger partial charge >= 0.3 is 0 Å². The Hall–Kier alpha value is -2.33. The molecule has 2 amide bonds. The number of ether oxygens (including phenoxy) is 2. The Morgan fingerprint density at radius 2 is 1.75 bits per heavy atom. The predicted molar refractivity (Wildman–Crippen MR) is 103 cm³/mol. The molecule has 0 aromatic heterocycles. The quantitative estimate of drug-likeness (QED) is 0.636. The second-order valence-electron chi connectivity index (χ2n) is 6.37. The van der Waals surface area contributed by atoms with Crippen LogP contribution < -0.4 is 20.1 Å². The lowest BCUT2D eigenvalue weighted by Crippen LogP contribution is -2.45. The highest BCUT2D eigenvalue weighted by molar-refractivity contribution is 7.89. The standard InChI is InChI=1S/C18H27N3O6S/c1-4-19-17(22)12-20-18(23)13-7-9-21(10-8-13)28(24,25)14-5-6-15(26-2)16(11-14)27-3/h5-6,11,13H,4,7-10,12H2,1-3H3,(H,19,22)(H,20,23). The first-order valence-electron chi connectivity index (χ1n) is 9.10. The summed E-state index contributed by atoms with van der Waals surface area (Å²) in [5, 5.41) is 5.21. The van der Waals surface area contributed by atoms with Crippen LogP contribution >= 0.6 is 0 Å². The van der Waals surface area contributed by atoms with E-state index in [1.54, 1.807) is 13.0 Å². The topological polar surface area (TPSA) is 114 Å². The first-order valence-corrected chi connectivity index (χ1v) is 10.5. The van der Waals surface area contributed by atoms with Crippen molar-refractivity contribution in [1.29, 1.82) is 0 Å². The minimum absolute atomic E-state index is 0.0726. The second-order valence-corrected chi connectivity index (χ2v) is 8.30. The molecule has 0 bridgehead atoms. The minimum Gasteiger partial charge on any atom is -0.493 e. The maximum Gasteiger partial charge on any atom is 0.243 e. The molecule has 0 spiro atoms. The fraction of sp³-hybridized carbons (Fsp3) is 0.556. The fourth-order valence-corrected chi connectivity index (χ4v) is 4.54. The van der Waals surface area contributed by atoms with Crippen LogP contribution in [0.4, 0.5) is 0 Å². The summed E-state index contributed by atoms with van der Waals surface area (Å²) in [5.41, 5.74) is 0. The van der Waals surface area contributed by atoms with Gasteiger partial charge in [0.1, 0.15) is 0 Å². The van der Waals surface area contributed by atoms with E-state index in [9.17, 15) is 18.0 Å². The van der Waals surface area contributed by atoms with Gasteiger partial charge in [-0.15, -0.1) is 0 Å². The van der Waals surface area contributed by atoms with E-state index in [0.29, 0.717) is 30.9 Å². The predicted octanol–water partition coefficient (Wildman–Crippen LogP) is 0.357. The SMILES string of the molecule is CCNC(=O)CNC(=O)C1CCN(S(=O)(=O)c2ccc(OC)c(OC)c2)CC1. The number of carbonyl (C=O) groups excluding carboxylic acids is 2. The number of rotatable bonds is 8. The van der Waals surface area contributed by atoms with E-state index in [1.807, 2.05) is 0 Å². The number of hydrogen-bond donors (Lipinski definition) is 2. The van der Waals surface area contributed by atoms with Crippen molar-refractivity contribution in [2.45, 2.75) is 24.7 Å². The maximum absolute atomic E-state index is 12.9. The van der Waals surface area contributed by atoms with Crippen molar-refractivity contribution in [1.82, 2.24) is 14.9 Å². The molecule has 1 aromatic rings. The molecule has 1 fully saturated rings. The molecule has 0 atom stereocenters. The van der Waals surface area contributed by atoms with Gasteiger partial charge in [0.15, 0.2) is 11.5 Å². The molecule has 1 aliphatic heterocycles. The van der Waals surface area contributed by atoms with Crippen LogP contribution in [-0.2, 0) is 19.6 Å². The monoisotopic (exact) mass is 413 g/mol. The number of amides is 2. The van der Waals surface area contributed by atoms with Crippen molar-refractivity contribution in [2.75, 3.05) is 40.4 Å². The van der Waals surface area contributed by atoms with Gasteiger partial charge in [-0.2, -0.15) is 4.31 Å². The zero-order valence-corrected chi connectivity index (χ0v) is 17.2. The number of methoxy groups -OCH3 is 2. The summed E-state index contributed by atoms with van der Waals surface area (Å²) in [4.78, 5) is 23.7. The highest BCUT2D eigenvalue weighted by Gasteiger charge is 2.32. The van der Waals surface area contributed by atoms with Gasteiger partial charge in [0.25, 0.3) is 0 Å². The summed E-state index contributed by atoms with van der Waals surface area (Å²) in [6, 6.07) is 4.45. The van der Waals surface area contributed by atoms with E-state index >= 15 is 0 Å². The van der Waals surface area contributed by atoms with Gasteiger partial charge in [-0.05, 0) is 31.9 Å². The molecule has 0 saturated carbocycles. The van der Waals surface area contributed by atoms with Gasteiger partial charge < -0.3 is 20.1 Å². The van der Waals surface area contributed by atoms with Crippen molar-refractivity contribution in [3.8, 4) is 11.5 Å². The summed E-state index contributed by atoms with van der Waals surface area (Å²) >= 11 is 0. The van der Waals surface area contributed by atoms with Gasteiger partial charge in [-0.1, -0.05) is 0 Å². The van der Waals surface area contributed by atoms with E-state index in [0.717, 1.165) is 0 Å². The lowest BCUT2D eigenvalue weighted by molar-refractivity contribution is -0.129. The number of benzene rings is 1. The van der Waals surface area contributed by atoms with Crippen molar-refractivity contribution >= 4 is 21.8 Å². The highest BCUT2D eigenvalue weighted by atomic mass is 32.2. The second kappa shape index (κ2) is 9.74. The number of nitrogens with zero attached hydrogens (tertiary/aromatic N) is 1. The Morgan fingerprint density at radius 1 is 1.11 bits per heavy atom. The number of likely N-dealkylation sites (N-methyl/N-ethyl adjacent to an activating group) is 1.